The third-order valence-corrected chi connectivity index (χ3v) is 7.35. The molecule has 1 atom stereocenters. The van der Waals surface area contributed by atoms with Gasteiger partial charge in [-0.25, -0.2) is 4.99 Å². The zero-order valence-electron chi connectivity index (χ0n) is 20.7. The molecule has 1 aromatic heterocycles. The van der Waals surface area contributed by atoms with Gasteiger partial charge < -0.3 is 14.8 Å². The number of fused-ring (bicyclic) bond motifs is 1. The summed E-state index contributed by atoms with van der Waals surface area (Å²) in [5, 5.41) is 24.0. The Hall–Kier alpha value is -4.23. The highest BCUT2D eigenvalue weighted by Crippen LogP contribution is 2.40. The average molecular weight is 519 g/mol. The Morgan fingerprint density at radius 3 is 2.86 bits per heavy atom. The van der Waals surface area contributed by atoms with Crippen LogP contribution in [0.5, 0.6) is 11.5 Å². The lowest BCUT2D eigenvalue weighted by Gasteiger charge is -2.17. The van der Waals surface area contributed by atoms with Crippen LogP contribution in [0.1, 0.15) is 40.5 Å². The molecule has 37 heavy (non-hydrogen) atoms. The van der Waals surface area contributed by atoms with Crippen molar-refractivity contribution in [3.8, 4) is 17.6 Å². The molecule has 0 fully saturated rings. The van der Waals surface area contributed by atoms with Gasteiger partial charge in [-0.05, 0) is 67.0 Å². The zero-order chi connectivity index (χ0) is 26.5. The summed E-state index contributed by atoms with van der Waals surface area (Å²) in [6.45, 7) is 3.66. The Morgan fingerprint density at radius 2 is 2.14 bits per heavy atom. The first-order valence-corrected chi connectivity index (χ1v) is 12.5. The summed E-state index contributed by atoms with van der Waals surface area (Å²) in [6.07, 6.45) is 4.67. The van der Waals surface area contributed by atoms with Gasteiger partial charge in [0.15, 0.2) is 18.1 Å². The lowest BCUT2D eigenvalue weighted by Crippen LogP contribution is -2.21. The molecule has 0 spiro atoms. The van der Waals surface area contributed by atoms with E-state index in [1.807, 2.05) is 0 Å². The van der Waals surface area contributed by atoms with E-state index in [2.05, 4.69) is 23.3 Å². The number of nitro groups is 1. The number of hydrogen-bond acceptors (Lipinski definition) is 8. The number of non-ortho nitro benzene ring substituents is 1. The largest absolute Gasteiger partial charge is 0.493 e. The van der Waals surface area contributed by atoms with E-state index in [4.69, 9.17) is 9.47 Å². The molecule has 1 amide bonds. The Kier molecular flexibility index (Phi) is 7.84. The van der Waals surface area contributed by atoms with Crippen molar-refractivity contribution in [2.45, 2.75) is 33.1 Å². The van der Waals surface area contributed by atoms with Gasteiger partial charge in [-0.15, -0.1) is 11.3 Å². The van der Waals surface area contributed by atoms with Crippen LogP contribution >= 0.6 is 11.3 Å². The smallest absolute Gasteiger partial charge is 0.271 e. The Labute approximate surface area is 218 Å². The molecule has 0 saturated carbocycles. The van der Waals surface area contributed by atoms with Crippen LogP contribution in [0.15, 0.2) is 41.4 Å². The summed E-state index contributed by atoms with van der Waals surface area (Å²) >= 11 is 1.58. The summed E-state index contributed by atoms with van der Waals surface area (Å²) in [5.41, 5.74) is 3.49. The van der Waals surface area contributed by atoms with Crippen LogP contribution in [0.3, 0.4) is 0 Å². The van der Waals surface area contributed by atoms with Gasteiger partial charge in [0.25, 0.3) is 11.6 Å². The second kappa shape index (κ2) is 11.2. The third-order valence-electron chi connectivity index (χ3n) is 6.19. The van der Waals surface area contributed by atoms with Crippen molar-refractivity contribution >= 4 is 39.8 Å². The van der Waals surface area contributed by atoms with Crippen LogP contribution in [0, 0.1) is 34.3 Å². The third kappa shape index (κ3) is 5.95. The first-order chi connectivity index (χ1) is 17.8. The van der Waals surface area contributed by atoms with E-state index in [0.717, 1.165) is 30.4 Å². The predicted molar refractivity (Wildman–Crippen MR) is 142 cm³/mol. The number of hydrogen-bond donors (Lipinski definition) is 1. The molecule has 3 aromatic rings. The van der Waals surface area contributed by atoms with E-state index >= 15 is 0 Å². The zero-order valence-corrected chi connectivity index (χ0v) is 21.6. The SMILES string of the molecule is COc1cc(C=Nc2sc3c(c2C#N)CC[C@H](C)C3)ccc1OCC(=O)Nc1cc([N+](=O)[O-])ccc1C. The Morgan fingerprint density at radius 1 is 1.32 bits per heavy atom. The number of benzene rings is 2. The number of aliphatic imine (C=N–C) groups is 1. The minimum absolute atomic E-state index is 0.111. The van der Waals surface area contributed by atoms with E-state index in [-0.39, 0.29) is 12.3 Å². The number of amides is 1. The van der Waals surface area contributed by atoms with Gasteiger partial charge in [0.05, 0.1) is 23.3 Å². The summed E-state index contributed by atoms with van der Waals surface area (Å²) in [6, 6.07) is 11.8. The lowest BCUT2D eigenvalue weighted by atomic mass is 9.89. The fraction of sp³-hybridized carbons (Fsp3) is 0.296. The maximum atomic E-state index is 12.4. The van der Waals surface area contributed by atoms with E-state index in [9.17, 15) is 20.2 Å². The van der Waals surface area contributed by atoms with Crippen molar-refractivity contribution in [2.75, 3.05) is 19.0 Å². The lowest BCUT2D eigenvalue weighted by molar-refractivity contribution is -0.384. The van der Waals surface area contributed by atoms with Crippen molar-refractivity contribution in [3.05, 3.63) is 73.6 Å². The molecule has 190 valence electrons. The maximum Gasteiger partial charge on any atom is 0.271 e. The van der Waals surface area contributed by atoms with Gasteiger partial charge >= 0.3 is 0 Å². The van der Waals surface area contributed by atoms with Crippen molar-refractivity contribution < 1.29 is 19.2 Å². The van der Waals surface area contributed by atoms with Gasteiger partial charge in [-0.1, -0.05) is 13.0 Å². The van der Waals surface area contributed by atoms with Crippen LogP contribution < -0.4 is 14.8 Å². The van der Waals surface area contributed by atoms with Gasteiger partial charge in [0, 0.05) is 23.2 Å². The van der Waals surface area contributed by atoms with Crippen LogP contribution in [0.25, 0.3) is 0 Å². The van der Waals surface area contributed by atoms with Crippen molar-refractivity contribution in [1.29, 1.82) is 5.26 Å². The van der Waals surface area contributed by atoms with Crippen LogP contribution in [0.4, 0.5) is 16.4 Å². The molecule has 1 heterocycles. The first-order valence-electron chi connectivity index (χ1n) is 11.7. The summed E-state index contributed by atoms with van der Waals surface area (Å²) in [5.74, 6) is 0.937. The monoisotopic (exact) mass is 518 g/mol. The normalized spacial score (nSPS) is 14.6. The molecule has 4 rings (SSSR count). The second-order valence-corrected chi connectivity index (χ2v) is 9.99. The number of nitro benzene ring substituents is 1. The highest BCUT2D eigenvalue weighted by atomic mass is 32.1. The van der Waals surface area contributed by atoms with E-state index in [0.29, 0.717) is 39.2 Å². The number of ether oxygens (including phenoxy) is 2. The van der Waals surface area contributed by atoms with Crippen LogP contribution in [0.2, 0.25) is 0 Å². The molecule has 0 bridgehead atoms. The number of carbonyl (C=O) groups is 1. The molecule has 0 saturated heterocycles. The molecule has 1 aliphatic carbocycles. The number of aryl methyl sites for hydroxylation is 1. The van der Waals surface area contributed by atoms with Crippen molar-refractivity contribution in [1.82, 2.24) is 0 Å². The number of anilines is 1. The van der Waals surface area contributed by atoms with Crippen LogP contribution in [-0.2, 0) is 17.6 Å². The van der Waals surface area contributed by atoms with Crippen molar-refractivity contribution in [2.24, 2.45) is 10.9 Å². The first kappa shape index (κ1) is 25.9. The molecular weight excluding hydrogens is 492 g/mol. The summed E-state index contributed by atoms with van der Waals surface area (Å²) < 4.78 is 11.1. The predicted octanol–water partition coefficient (Wildman–Crippen LogP) is 5.74. The topological polar surface area (TPSA) is 127 Å². The quantitative estimate of drug-likeness (QED) is 0.230. The molecule has 9 nitrogen and oxygen atoms in total. The van der Waals surface area contributed by atoms with E-state index in [1.165, 1.54) is 24.1 Å². The number of rotatable bonds is 8. The second-order valence-electron chi connectivity index (χ2n) is 8.91. The standard InChI is InChI=1S/C27H26N4O5S/c1-16-4-8-20-21(13-28)27(37-25(20)10-16)29-14-18-6-9-23(24(11-18)35-3)36-15-26(32)30-22-12-19(31(33)34)7-5-17(22)2/h5-7,9,11-12,14,16H,4,8,10,15H2,1-3H3,(H,30,32)/t16-/m0/s1. The molecular formula is C27H26N4O5S. The number of nitriles is 1. The number of nitrogens with one attached hydrogen (secondary N) is 1. The number of carbonyl (C=O) groups excluding carboxylic acids is 1. The maximum absolute atomic E-state index is 12.4. The summed E-state index contributed by atoms with van der Waals surface area (Å²) in [7, 11) is 1.50. The Bertz CT molecular complexity index is 1420. The minimum atomic E-state index is -0.518. The van der Waals surface area contributed by atoms with Crippen LogP contribution in [-0.4, -0.2) is 30.8 Å². The molecule has 2 aromatic carbocycles. The molecule has 10 heteroatoms. The number of thiophene rings is 1. The van der Waals surface area contributed by atoms with Gasteiger partial charge in [-0.3, -0.25) is 14.9 Å². The fourth-order valence-electron chi connectivity index (χ4n) is 4.15. The Balaban J connectivity index is 1.44. The number of nitrogens with zero attached hydrogens (tertiary/aromatic N) is 3. The van der Waals surface area contributed by atoms with Gasteiger partial charge in [-0.2, -0.15) is 5.26 Å². The fourth-order valence-corrected chi connectivity index (χ4v) is 5.45. The van der Waals surface area contributed by atoms with Gasteiger partial charge in [0.1, 0.15) is 11.1 Å². The van der Waals surface area contributed by atoms with E-state index < -0.39 is 10.8 Å². The molecule has 0 aliphatic heterocycles. The van der Waals surface area contributed by atoms with Crippen molar-refractivity contribution in [3.63, 3.8) is 0 Å². The highest BCUT2D eigenvalue weighted by Gasteiger charge is 2.23. The average Bonchev–Trinajstić information content (AvgIpc) is 3.23. The molecule has 0 radical (unpaired) electrons. The van der Waals surface area contributed by atoms with Gasteiger partial charge in [0.2, 0.25) is 0 Å². The molecule has 0 unspecified atom stereocenters. The highest BCUT2D eigenvalue weighted by molar-refractivity contribution is 7.16. The summed E-state index contributed by atoms with van der Waals surface area (Å²) in [4.78, 5) is 28.8. The number of methoxy groups -OCH3 is 1. The van der Waals surface area contributed by atoms with E-state index in [1.54, 1.807) is 48.7 Å². The minimum Gasteiger partial charge on any atom is -0.493 e. The molecule has 1 aliphatic rings. The molecule has 1 N–H and O–H groups in total.